The summed E-state index contributed by atoms with van der Waals surface area (Å²) in [6, 6.07) is 4.11. The molecule has 0 aromatic carbocycles. The van der Waals surface area contributed by atoms with Gasteiger partial charge < -0.3 is 4.57 Å². The first-order valence-corrected chi connectivity index (χ1v) is 5.74. The van der Waals surface area contributed by atoms with Crippen LogP contribution in [-0.2, 0) is 0 Å². The number of aromatic nitrogens is 1. The van der Waals surface area contributed by atoms with Crippen LogP contribution < -0.4 is 5.49 Å². The van der Waals surface area contributed by atoms with Crippen molar-refractivity contribution in [2.24, 2.45) is 4.99 Å². The van der Waals surface area contributed by atoms with Crippen molar-refractivity contribution in [3.63, 3.8) is 0 Å². The predicted octanol–water partition coefficient (Wildman–Crippen LogP) is 3.01. The highest BCUT2D eigenvalue weighted by Crippen LogP contribution is 2.30. The van der Waals surface area contributed by atoms with E-state index in [1.54, 1.807) is 13.2 Å². The summed E-state index contributed by atoms with van der Waals surface area (Å²) in [7, 11) is 1.78. The van der Waals surface area contributed by atoms with Crippen LogP contribution in [0.1, 0.15) is 20.8 Å². The van der Waals surface area contributed by atoms with Crippen LogP contribution in [0, 0.1) is 0 Å². The minimum absolute atomic E-state index is 0.226. The summed E-state index contributed by atoms with van der Waals surface area (Å²) in [6.45, 7) is 10.4. The van der Waals surface area contributed by atoms with E-state index in [0.29, 0.717) is 0 Å². The number of nitrogens with zero attached hydrogens (tertiary/aromatic N) is 2. The van der Waals surface area contributed by atoms with Gasteiger partial charge in [-0.05, 0) is 12.1 Å². The zero-order chi connectivity index (χ0) is 11.5. The molecule has 1 aromatic heterocycles. The topological polar surface area (TPSA) is 17.3 Å². The fourth-order valence-corrected chi connectivity index (χ4v) is 2.25. The lowest BCUT2D eigenvalue weighted by atomic mass is 10.3. The van der Waals surface area contributed by atoms with Crippen LogP contribution in [0.2, 0.25) is 0 Å². The molecule has 0 unspecified atom stereocenters. The number of hydrogen-bond donors (Lipinski definition) is 0. The van der Waals surface area contributed by atoms with Gasteiger partial charge in [0.05, 0.1) is 0 Å². The van der Waals surface area contributed by atoms with E-state index in [1.165, 1.54) is 4.90 Å². The lowest BCUT2D eigenvalue weighted by Gasteiger charge is -2.17. The molecule has 0 bridgehead atoms. The number of rotatable bonds is 2. The molecule has 0 saturated heterocycles. The molecule has 0 fully saturated rings. The zero-order valence-electron chi connectivity index (χ0n) is 9.82. The molecule has 0 aliphatic rings. The highest BCUT2D eigenvalue weighted by atomic mass is 32.2. The Labute approximate surface area is 95.7 Å². The zero-order valence-corrected chi connectivity index (χ0v) is 10.6. The van der Waals surface area contributed by atoms with Crippen LogP contribution in [-0.4, -0.2) is 16.4 Å². The van der Waals surface area contributed by atoms with E-state index in [1.807, 2.05) is 22.4 Å². The van der Waals surface area contributed by atoms with E-state index in [-0.39, 0.29) is 4.75 Å². The second-order valence-corrected chi connectivity index (χ2v) is 6.15. The van der Waals surface area contributed by atoms with Gasteiger partial charge in [-0.3, -0.25) is 4.99 Å². The Hall–Kier alpha value is -0.960. The van der Waals surface area contributed by atoms with Gasteiger partial charge in [-0.2, -0.15) is 0 Å². The van der Waals surface area contributed by atoms with E-state index in [4.69, 9.17) is 0 Å². The van der Waals surface area contributed by atoms with Gasteiger partial charge >= 0.3 is 0 Å². The number of hydrogen-bond acceptors (Lipinski definition) is 2. The van der Waals surface area contributed by atoms with Gasteiger partial charge in [-0.15, -0.1) is 11.8 Å². The molecule has 0 aliphatic heterocycles. The normalized spacial score (nSPS) is 12.9. The minimum atomic E-state index is 0.226. The third-order valence-electron chi connectivity index (χ3n) is 1.78. The van der Waals surface area contributed by atoms with Gasteiger partial charge in [0.1, 0.15) is 5.49 Å². The van der Waals surface area contributed by atoms with E-state index >= 15 is 0 Å². The van der Waals surface area contributed by atoms with E-state index in [0.717, 1.165) is 5.49 Å². The fourth-order valence-electron chi connectivity index (χ4n) is 1.24. The average Bonchev–Trinajstić information content (AvgIpc) is 2.15. The summed E-state index contributed by atoms with van der Waals surface area (Å²) < 4.78 is 2.16. The van der Waals surface area contributed by atoms with Crippen molar-refractivity contribution in [3.8, 4) is 0 Å². The Morgan fingerprint density at radius 2 is 2.07 bits per heavy atom. The molecule has 1 rings (SSSR count). The SMILES string of the molecule is C=Cn1cc(SC(C)(C)C)ccc1=NC. The minimum Gasteiger partial charge on any atom is -0.308 e. The van der Waals surface area contributed by atoms with E-state index in [9.17, 15) is 0 Å². The van der Waals surface area contributed by atoms with Crippen LogP contribution in [0.4, 0.5) is 0 Å². The second kappa shape index (κ2) is 4.71. The molecule has 0 saturated carbocycles. The smallest absolute Gasteiger partial charge is 0.131 e. The molecule has 1 aromatic rings. The molecule has 0 spiro atoms. The van der Waals surface area contributed by atoms with Crippen molar-refractivity contribution >= 4 is 18.0 Å². The molecule has 0 atom stereocenters. The van der Waals surface area contributed by atoms with E-state index in [2.05, 4.69) is 44.6 Å². The maximum absolute atomic E-state index is 4.16. The molecule has 82 valence electrons. The lowest BCUT2D eigenvalue weighted by Crippen LogP contribution is -2.16. The van der Waals surface area contributed by atoms with Crippen LogP contribution in [0.25, 0.3) is 6.20 Å². The van der Waals surface area contributed by atoms with Gasteiger partial charge in [0.2, 0.25) is 0 Å². The molecule has 3 heteroatoms. The predicted molar refractivity (Wildman–Crippen MR) is 67.9 cm³/mol. The van der Waals surface area contributed by atoms with Crippen molar-refractivity contribution in [1.82, 2.24) is 4.57 Å². The quantitative estimate of drug-likeness (QED) is 0.703. The van der Waals surface area contributed by atoms with Crippen molar-refractivity contribution in [1.29, 1.82) is 0 Å². The molecule has 0 radical (unpaired) electrons. The highest BCUT2D eigenvalue weighted by Gasteiger charge is 2.11. The Morgan fingerprint density at radius 3 is 2.53 bits per heavy atom. The number of pyridine rings is 1. The number of thioether (sulfide) groups is 1. The van der Waals surface area contributed by atoms with Gasteiger partial charge in [-0.1, -0.05) is 27.4 Å². The first-order chi connectivity index (χ1) is 6.96. The third kappa shape index (κ3) is 3.59. The van der Waals surface area contributed by atoms with Crippen molar-refractivity contribution in [2.75, 3.05) is 7.05 Å². The van der Waals surface area contributed by atoms with Gasteiger partial charge in [0, 0.05) is 29.1 Å². The van der Waals surface area contributed by atoms with E-state index < -0.39 is 0 Å². The monoisotopic (exact) mass is 222 g/mol. The largest absolute Gasteiger partial charge is 0.308 e. The molecule has 1 heterocycles. The Morgan fingerprint density at radius 1 is 1.40 bits per heavy atom. The van der Waals surface area contributed by atoms with Crippen molar-refractivity contribution < 1.29 is 0 Å². The summed E-state index contributed by atoms with van der Waals surface area (Å²) >= 11 is 1.84. The molecule has 0 N–H and O–H groups in total. The van der Waals surface area contributed by atoms with Crippen LogP contribution in [0.15, 0.2) is 34.8 Å². The molecular formula is C12H18N2S. The fraction of sp³-hybridized carbons (Fsp3) is 0.417. The summed E-state index contributed by atoms with van der Waals surface area (Å²) in [5, 5.41) is 0. The van der Waals surface area contributed by atoms with Crippen LogP contribution in [0.5, 0.6) is 0 Å². The molecule has 2 nitrogen and oxygen atoms in total. The molecule has 0 aliphatic carbocycles. The van der Waals surface area contributed by atoms with Gasteiger partial charge in [0.25, 0.3) is 0 Å². The first kappa shape index (κ1) is 12.1. The summed E-state index contributed by atoms with van der Waals surface area (Å²) in [4.78, 5) is 5.39. The van der Waals surface area contributed by atoms with Crippen LogP contribution in [0.3, 0.4) is 0 Å². The maximum atomic E-state index is 4.16. The summed E-state index contributed by atoms with van der Waals surface area (Å²) in [5.74, 6) is 0. The van der Waals surface area contributed by atoms with Gasteiger partial charge in [-0.25, -0.2) is 0 Å². The highest BCUT2D eigenvalue weighted by molar-refractivity contribution is 8.00. The lowest BCUT2D eigenvalue weighted by molar-refractivity contribution is 0.801. The van der Waals surface area contributed by atoms with Crippen molar-refractivity contribution in [3.05, 3.63) is 30.4 Å². The first-order valence-electron chi connectivity index (χ1n) is 4.93. The summed E-state index contributed by atoms with van der Waals surface area (Å²) in [6.07, 6.45) is 3.83. The van der Waals surface area contributed by atoms with Crippen molar-refractivity contribution in [2.45, 2.75) is 30.4 Å². The summed E-state index contributed by atoms with van der Waals surface area (Å²) in [5.41, 5.74) is 0.920. The third-order valence-corrected chi connectivity index (χ3v) is 2.87. The molecule has 0 amide bonds. The van der Waals surface area contributed by atoms with Crippen LogP contribution >= 0.6 is 11.8 Å². The Bertz CT molecular complexity index is 410. The average molecular weight is 222 g/mol. The molecule has 15 heavy (non-hydrogen) atoms. The second-order valence-electron chi connectivity index (χ2n) is 4.25. The maximum Gasteiger partial charge on any atom is 0.131 e. The molecular weight excluding hydrogens is 204 g/mol. The van der Waals surface area contributed by atoms with Gasteiger partial charge in [0.15, 0.2) is 0 Å². The Balaban J connectivity index is 3.10. The Kier molecular flexibility index (Phi) is 3.80. The standard InChI is InChI=1S/C12H18N2S/c1-6-14-9-10(15-12(2,3)4)7-8-11(14)13-5/h6-9H,1H2,2-5H3.